The molecule has 0 radical (unpaired) electrons. The van der Waals surface area contributed by atoms with Gasteiger partial charge in [-0.25, -0.2) is 0 Å². The Kier molecular flexibility index (Phi) is 19.7. The molecule has 478 valence electrons. The zero-order valence-corrected chi connectivity index (χ0v) is 56.6. The number of hydrogen-bond acceptors (Lipinski definition) is 0. The van der Waals surface area contributed by atoms with Crippen molar-refractivity contribution < 1.29 is 0 Å². The highest BCUT2D eigenvalue weighted by Crippen LogP contribution is 2.49. The molecule has 0 heterocycles. The maximum atomic E-state index is 2.46. The third-order valence-corrected chi connectivity index (χ3v) is 23.8. The number of aryl methyl sites for hydroxylation is 6. The van der Waals surface area contributed by atoms with E-state index in [0.717, 1.165) is 42.9 Å². The Morgan fingerprint density at radius 3 is 1.34 bits per heavy atom. The SMILES string of the molecule is C1=CC2C(=C1)C(Cc1ccc(CCC3CCCC3)cc1)=CC=C2c1ccc2c(c1)CCC2.C1=CC2C(C3=CCCC=C3)=CC=C(Cc3ccc(C4CCC(C5CC5)CC4)cc3)C2=C1.CCCCCCc1ccc(CC2=CC=C(c3ccc4c(c3)CCC4)C3C=CC=C23)cc1. The second-order valence-electron chi connectivity index (χ2n) is 30.1. The molecular weight excluding hydrogens is 1130 g/mol. The molecule has 0 bridgehead atoms. The van der Waals surface area contributed by atoms with Crippen molar-refractivity contribution in [2.45, 2.75) is 193 Å². The van der Waals surface area contributed by atoms with Crippen molar-refractivity contribution in [3.63, 3.8) is 0 Å². The fourth-order valence-electron chi connectivity index (χ4n) is 18.1. The van der Waals surface area contributed by atoms with Crippen LogP contribution in [-0.2, 0) is 57.8 Å². The van der Waals surface area contributed by atoms with Gasteiger partial charge in [0.25, 0.3) is 0 Å². The first-order valence-corrected chi connectivity index (χ1v) is 37.7. The number of fused-ring (bicyclic) bond motifs is 5. The largest absolute Gasteiger partial charge is 0.0836 e. The molecule has 3 saturated carbocycles. The van der Waals surface area contributed by atoms with Gasteiger partial charge in [0, 0.05) is 17.8 Å². The summed E-state index contributed by atoms with van der Waals surface area (Å²) in [5.74, 6) is 5.19. The van der Waals surface area contributed by atoms with Gasteiger partial charge in [0.05, 0.1) is 0 Å². The topological polar surface area (TPSA) is 0 Å². The third kappa shape index (κ3) is 14.6. The Balaban J connectivity index is 0.000000116. The fraction of sp³-hybridized carbons (Fsp3) is 0.383. The molecule has 94 heavy (non-hydrogen) atoms. The summed E-state index contributed by atoms with van der Waals surface area (Å²) in [5, 5.41) is 0. The average molecular weight is 1230 g/mol. The van der Waals surface area contributed by atoms with E-state index in [-0.39, 0.29) is 0 Å². The maximum Gasteiger partial charge on any atom is 0.0281 e. The Labute approximate surface area is 565 Å². The highest BCUT2D eigenvalue weighted by molar-refractivity contribution is 5.80. The Hall–Kier alpha value is -7.54. The van der Waals surface area contributed by atoms with E-state index in [2.05, 4.69) is 225 Å². The minimum atomic E-state index is 0.414. The van der Waals surface area contributed by atoms with Gasteiger partial charge in [-0.05, 0) is 281 Å². The van der Waals surface area contributed by atoms with Crippen molar-refractivity contribution in [2.75, 3.05) is 0 Å². The highest BCUT2D eigenvalue weighted by atomic mass is 14.4. The summed E-state index contributed by atoms with van der Waals surface area (Å²) in [5.41, 5.74) is 32.7. The molecule has 0 saturated heterocycles. The van der Waals surface area contributed by atoms with Crippen molar-refractivity contribution in [1.29, 1.82) is 0 Å². The molecule has 0 spiro atoms. The van der Waals surface area contributed by atoms with Crippen LogP contribution in [0.15, 0.2) is 263 Å². The predicted octanol–water partition coefficient (Wildman–Crippen LogP) is 24.1. The van der Waals surface area contributed by atoms with Gasteiger partial charge in [-0.15, -0.1) is 0 Å². The lowest BCUT2D eigenvalue weighted by atomic mass is 9.76. The molecule has 0 heteroatoms. The van der Waals surface area contributed by atoms with Gasteiger partial charge >= 0.3 is 0 Å². The quantitative estimate of drug-likeness (QED) is 0.0723. The van der Waals surface area contributed by atoms with Gasteiger partial charge < -0.3 is 0 Å². The van der Waals surface area contributed by atoms with Crippen LogP contribution in [0.2, 0.25) is 0 Å². The van der Waals surface area contributed by atoms with Gasteiger partial charge in [0.2, 0.25) is 0 Å². The molecule has 12 aliphatic rings. The summed E-state index contributed by atoms with van der Waals surface area (Å²) in [4.78, 5) is 0. The van der Waals surface area contributed by atoms with Crippen LogP contribution in [0.3, 0.4) is 0 Å². The van der Waals surface area contributed by atoms with Crippen LogP contribution in [-0.4, -0.2) is 0 Å². The maximum absolute atomic E-state index is 2.46. The van der Waals surface area contributed by atoms with E-state index in [1.807, 2.05) is 0 Å². The second-order valence-corrected chi connectivity index (χ2v) is 30.1. The van der Waals surface area contributed by atoms with Crippen molar-refractivity contribution in [3.05, 3.63) is 330 Å². The van der Waals surface area contributed by atoms with E-state index in [9.17, 15) is 0 Å². The van der Waals surface area contributed by atoms with Gasteiger partial charge in [-0.3, -0.25) is 0 Å². The summed E-state index contributed by atoms with van der Waals surface area (Å²) in [7, 11) is 0. The zero-order valence-electron chi connectivity index (χ0n) is 56.6. The van der Waals surface area contributed by atoms with E-state index < -0.39 is 0 Å². The van der Waals surface area contributed by atoms with Crippen molar-refractivity contribution >= 4 is 11.1 Å². The lowest BCUT2D eigenvalue weighted by Gasteiger charge is -2.29. The molecule has 5 aromatic rings. The Morgan fingerprint density at radius 1 is 0.372 bits per heavy atom. The third-order valence-electron chi connectivity index (χ3n) is 23.8. The van der Waals surface area contributed by atoms with Crippen LogP contribution in [0, 0.1) is 35.5 Å². The van der Waals surface area contributed by atoms with Gasteiger partial charge in [-0.2, -0.15) is 0 Å². The molecule has 17 rings (SSSR count). The molecule has 5 aromatic carbocycles. The summed E-state index contributed by atoms with van der Waals surface area (Å²) < 4.78 is 0. The second kappa shape index (κ2) is 29.6. The molecule has 3 fully saturated rings. The first-order valence-electron chi connectivity index (χ1n) is 37.7. The molecular formula is C94H102. The highest BCUT2D eigenvalue weighted by Gasteiger charge is 2.35. The minimum Gasteiger partial charge on any atom is -0.0836 e. The summed E-state index contributed by atoms with van der Waals surface area (Å²) >= 11 is 0. The van der Waals surface area contributed by atoms with E-state index in [1.54, 1.807) is 27.8 Å². The number of hydrogen-bond donors (Lipinski definition) is 0. The van der Waals surface area contributed by atoms with Crippen LogP contribution in [0.5, 0.6) is 0 Å². The number of allylic oxidation sites excluding steroid dienone is 28. The fourth-order valence-corrected chi connectivity index (χ4v) is 18.1. The normalized spacial score (nSPS) is 23.5. The van der Waals surface area contributed by atoms with Crippen LogP contribution in [0.1, 0.15) is 202 Å². The Morgan fingerprint density at radius 2 is 0.840 bits per heavy atom. The van der Waals surface area contributed by atoms with E-state index in [4.69, 9.17) is 0 Å². The van der Waals surface area contributed by atoms with Crippen molar-refractivity contribution in [2.24, 2.45) is 35.5 Å². The van der Waals surface area contributed by atoms with Gasteiger partial charge in [-0.1, -0.05) is 270 Å². The molecule has 0 aromatic heterocycles. The monoisotopic (exact) mass is 1230 g/mol. The number of rotatable bonds is 19. The van der Waals surface area contributed by atoms with Gasteiger partial charge in [0.15, 0.2) is 0 Å². The summed E-state index contributed by atoms with van der Waals surface area (Å²) in [6.07, 6.45) is 79.0. The molecule has 0 aliphatic heterocycles. The van der Waals surface area contributed by atoms with Crippen LogP contribution in [0.4, 0.5) is 0 Å². The smallest absolute Gasteiger partial charge is 0.0281 e. The molecule has 0 N–H and O–H groups in total. The molecule has 0 nitrogen and oxygen atoms in total. The molecule has 12 aliphatic carbocycles. The van der Waals surface area contributed by atoms with Crippen LogP contribution in [0.25, 0.3) is 11.1 Å². The first kappa shape index (κ1) is 62.6. The molecule has 3 unspecified atom stereocenters. The van der Waals surface area contributed by atoms with E-state index in [0.29, 0.717) is 17.8 Å². The summed E-state index contributed by atoms with van der Waals surface area (Å²) in [6.45, 7) is 2.28. The molecule has 3 atom stereocenters. The number of unbranched alkanes of at least 4 members (excludes halogenated alkanes) is 3. The van der Waals surface area contributed by atoms with E-state index >= 15 is 0 Å². The minimum absolute atomic E-state index is 0.414. The van der Waals surface area contributed by atoms with Crippen LogP contribution >= 0.6 is 0 Å². The lowest BCUT2D eigenvalue weighted by Crippen LogP contribution is -2.14. The molecule has 0 amide bonds. The lowest BCUT2D eigenvalue weighted by molar-refractivity contribution is 0.296. The Bertz CT molecular complexity index is 4010. The van der Waals surface area contributed by atoms with Crippen molar-refractivity contribution in [1.82, 2.24) is 0 Å². The average Bonchev–Trinajstić information content (AvgIpc) is 1.63. The van der Waals surface area contributed by atoms with E-state index in [1.165, 1.54) is 255 Å². The predicted molar refractivity (Wildman–Crippen MR) is 400 cm³/mol. The van der Waals surface area contributed by atoms with Crippen LogP contribution < -0.4 is 0 Å². The number of benzene rings is 5. The van der Waals surface area contributed by atoms with Crippen molar-refractivity contribution in [3.8, 4) is 0 Å². The summed E-state index contributed by atoms with van der Waals surface area (Å²) in [6, 6.07) is 42.8. The van der Waals surface area contributed by atoms with Gasteiger partial charge in [0.1, 0.15) is 0 Å². The standard InChI is InChI=1S/C32H34.2C31H34/c1-2-6-23(5-1)11-12-24-13-15-25(16-14-24)21-28-19-20-31(32-10-4-9-30(28)32)29-18-17-26-7-3-8-27(26)22-29;1-2-5-27(6-3-1)30-20-19-28(29-7-4-8-31(29)30)21-22-9-11-23(12-10-22)24-13-15-25(16-14-24)26-17-18-26;1-2-3-4-5-8-23-13-15-24(16-14-23)21-27-19-20-30(31-12-7-11-29(27)31)28-18-17-25-9-6-10-26(25)22-28/h4,9-10,13-20,22-23,32H,1-3,5-8,11-12,21H2;2,4-12,19-20,24-26,31H,1,3,13-18,21H2;7,11-20,22,31H,2-6,8-10,21H2,1H3. The zero-order chi connectivity index (χ0) is 63.0. The first-order chi connectivity index (χ1) is 46.5.